The molecule has 0 aliphatic rings. The number of ether oxygens (including phenoxy) is 3. The molecule has 2 N–H and O–H groups in total. The predicted molar refractivity (Wildman–Crippen MR) is 130 cm³/mol. The average Bonchev–Trinajstić information content (AvgIpc) is 2.91. The van der Waals surface area contributed by atoms with E-state index in [4.69, 9.17) is 0 Å². The zero-order chi connectivity index (χ0) is 26.6. The molecule has 3 rings (SSSR count). The van der Waals surface area contributed by atoms with Crippen LogP contribution >= 0.6 is 0 Å². The molecule has 0 radical (unpaired) electrons. The molecule has 0 fully saturated rings. The molecule has 0 aliphatic heterocycles. The lowest BCUT2D eigenvalue weighted by atomic mass is 9.98. The summed E-state index contributed by atoms with van der Waals surface area (Å²) in [5, 5.41) is 2.84. The number of hydrogen-bond donors (Lipinski definition) is 2. The number of nitrogens with one attached hydrogen (secondary N) is 2. The first-order valence-electron chi connectivity index (χ1n) is 11.4. The van der Waals surface area contributed by atoms with E-state index in [1.807, 2.05) is 60.7 Å². The maximum atomic E-state index is 12.9. The lowest BCUT2D eigenvalue weighted by Gasteiger charge is -2.19. The minimum atomic E-state index is -0.990. The predicted octanol–water partition coefficient (Wildman–Crippen LogP) is 2.93. The van der Waals surface area contributed by atoms with Crippen molar-refractivity contribution in [1.82, 2.24) is 15.3 Å². The zero-order valence-electron chi connectivity index (χ0n) is 20.0. The molecule has 0 aliphatic carbocycles. The SMILES string of the molecule is CCOC(=O)OCOC(=O)CCC(=O)c1ncc(C(=O)NC(c2ccccc2)c2ccccc2)c(=O)[nH]1. The lowest BCUT2D eigenvalue weighted by molar-refractivity contribution is -0.153. The number of nitrogens with zero attached hydrogens (tertiary/aromatic N) is 1. The third-order valence-corrected chi connectivity index (χ3v) is 5.06. The Balaban J connectivity index is 1.61. The summed E-state index contributed by atoms with van der Waals surface area (Å²) in [6.45, 7) is 1.04. The van der Waals surface area contributed by atoms with Gasteiger partial charge >= 0.3 is 12.1 Å². The number of esters is 1. The van der Waals surface area contributed by atoms with E-state index < -0.39 is 42.2 Å². The molecule has 1 amide bonds. The summed E-state index contributed by atoms with van der Waals surface area (Å²) in [5.74, 6) is -2.42. The Labute approximate surface area is 211 Å². The standard InChI is InChI=1S/C26H25N3O8/c1-2-35-26(34)37-16-36-21(31)14-13-20(30)23-27-15-19(25(33)29-23)24(32)28-22(17-9-5-3-6-10-17)18-11-7-4-8-12-18/h3-12,15,22H,2,13-14,16H2,1H3,(H,28,32)(H,27,29,33). The third-order valence-electron chi connectivity index (χ3n) is 5.06. The van der Waals surface area contributed by atoms with Crippen LogP contribution in [0.2, 0.25) is 0 Å². The molecule has 0 atom stereocenters. The maximum absolute atomic E-state index is 12.9. The van der Waals surface area contributed by atoms with Gasteiger partial charge in [0.1, 0.15) is 5.56 Å². The number of ketones is 1. The van der Waals surface area contributed by atoms with Crippen LogP contribution in [0.25, 0.3) is 0 Å². The van der Waals surface area contributed by atoms with Crippen LogP contribution in [0, 0.1) is 0 Å². The van der Waals surface area contributed by atoms with E-state index in [0.717, 1.165) is 17.3 Å². The van der Waals surface area contributed by atoms with E-state index in [9.17, 15) is 24.0 Å². The molecule has 0 saturated heterocycles. The van der Waals surface area contributed by atoms with Gasteiger partial charge in [-0.1, -0.05) is 60.7 Å². The van der Waals surface area contributed by atoms with Gasteiger partial charge in [-0.05, 0) is 18.1 Å². The third kappa shape index (κ3) is 7.85. The summed E-state index contributed by atoms with van der Waals surface area (Å²) >= 11 is 0. The van der Waals surface area contributed by atoms with Gasteiger partial charge in [0, 0.05) is 12.6 Å². The monoisotopic (exact) mass is 507 g/mol. The number of carbonyl (C=O) groups is 4. The van der Waals surface area contributed by atoms with Crippen LogP contribution in [-0.4, -0.2) is 47.2 Å². The molecule has 0 bridgehead atoms. The number of benzene rings is 2. The van der Waals surface area contributed by atoms with Gasteiger partial charge < -0.3 is 24.5 Å². The van der Waals surface area contributed by atoms with Crippen molar-refractivity contribution < 1.29 is 33.4 Å². The van der Waals surface area contributed by atoms with Crippen LogP contribution in [0.4, 0.5) is 4.79 Å². The van der Waals surface area contributed by atoms with Gasteiger partial charge in [-0.15, -0.1) is 0 Å². The fourth-order valence-corrected chi connectivity index (χ4v) is 3.27. The van der Waals surface area contributed by atoms with Gasteiger partial charge in [0.25, 0.3) is 11.5 Å². The quantitative estimate of drug-likeness (QED) is 0.226. The van der Waals surface area contributed by atoms with E-state index in [1.54, 1.807) is 6.92 Å². The second-order valence-corrected chi connectivity index (χ2v) is 7.59. The van der Waals surface area contributed by atoms with Crippen LogP contribution in [0.5, 0.6) is 0 Å². The van der Waals surface area contributed by atoms with Crippen molar-refractivity contribution in [1.29, 1.82) is 0 Å². The highest BCUT2D eigenvalue weighted by Crippen LogP contribution is 2.22. The maximum Gasteiger partial charge on any atom is 0.511 e. The number of aromatic amines is 1. The van der Waals surface area contributed by atoms with Gasteiger partial charge in [0.15, 0.2) is 11.6 Å². The highest BCUT2D eigenvalue weighted by atomic mass is 16.8. The molecule has 2 aromatic carbocycles. The molecule has 192 valence electrons. The van der Waals surface area contributed by atoms with Crippen molar-refractivity contribution in [3.8, 4) is 0 Å². The molecular weight excluding hydrogens is 482 g/mol. The molecule has 11 nitrogen and oxygen atoms in total. The van der Waals surface area contributed by atoms with E-state index in [1.165, 1.54) is 0 Å². The highest BCUT2D eigenvalue weighted by Gasteiger charge is 2.21. The number of amides is 1. The van der Waals surface area contributed by atoms with E-state index in [0.29, 0.717) is 0 Å². The minimum Gasteiger partial charge on any atom is -0.435 e. The summed E-state index contributed by atoms with van der Waals surface area (Å²) in [7, 11) is 0. The van der Waals surface area contributed by atoms with Crippen LogP contribution < -0.4 is 10.9 Å². The smallest absolute Gasteiger partial charge is 0.435 e. The van der Waals surface area contributed by atoms with Crippen molar-refractivity contribution in [3.63, 3.8) is 0 Å². The lowest BCUT2D eigenvalue weighted by Crippen LogP contribution is -2.34. The first kappa shape index (κ1) is 26.8. The Morgan fingerprint density at radius 2 is 1.51 bits per heavy atom. The number of aromatic nitrogens is 2. The van der Waals surface area contributed by atoms with Gasteiger partial charge in [0.05, 0.1) is 19.1 Å². The largest absolute Gasteiger partial charge is 0.511 e. The molecule has 1 heterocycles. The van der Waals surface area contributed by atoms with Crippen molar-refractivity contribution in [2.75, 3.05) is 13.4 Å². The summed E-state index contributed by atoms with van der Waals surface area (Å²) in [6.07, 6.45) is -0.639. The Morgan fingerprint density at radius 1 is 0.892 bits per heavy atom. The van der Waals surface area contributed by atoms with Crippen LogP contribution in [0.3, 0.4) is 0 Å². The minimum absolute atomic E-state index is 0.105. The van der Waals surface area contributed by atoms with Crippen molar-refractivity contribution in [2.45, 2.75) is 25.8 Å². The second kappa shape index (κ2) is 13.3. The molecule has 0 spiro atoms. The van der Waals surface area contributed by atoms with Gasteiger partial charge in [0.2, 0.25) is 6.79 Å². The zero-order valence-corrected chi connectivity index (χ0v) is 20.0. The molecule has 37 heavy (non-hydrogen) atoms. The summed E-state index contributed by atoms with van der Waals surface area (Å²) in [5.41, 5.74) is 0.556. The topological polar surface area (TPSA) is 154 Å². The molecule has 1 aromatic heterocycles. The first-order valence-corrected chi connectivity index (χ1v) is 11.4. The normalized spacial score (nSPS) is 10.4. The van der Waals surface area contributed by atoms with Crippen LogP contribution in [-0.2, 0) is 19.0 Å². The number of hydrogen-bond acceptors (Lipinski definition) is 9. The summed E-state index contributed by atoms with van der Waals surface area (Å²) < 4.78 is 13.7. The van der Waals surface area contributed by atoms with Crippen molar-refractivity contribution >= 4 is 23.8 Å². The highest BCUT2D eigenvalue weighted by molar-refractivity contribution is 5.96. The summed E-state index contributed by atoms with van der Waals surface area (Å²) in [6, 6.07) is 18.0. The summed E-state index contributed by atoms with van der Waals surface area (Å²) in [4.78, 5) is 66.8. The van der Waals surface area contributed by atoms with Crippen molar-refractivity contribution in [3.05, 3.63) is 99.7 Å². The number of Topliss-reactive ketones (excluding diaryl/α,β-unsaturated/α-hetero) is 1. The van der Waals surface area contributed by atoms with E-state index in [2.05, 4.69) is 29.5 Å². The molecule has 11 heteroatoms. The van der Waals surface area contributed by atoms with Gasteiger partial charge in [-0.2, -0.15) is 0 Å². The Morgan fingerprint density at radius 3 is 2.08 bits per heavy atom. The Hall–Kier alpha value is -4.80. The van der Waals surface area contributed by atoms with Gasteiger partial charge in [-0.25, -0.2) is 9.78 Å². The average molecular weight is 507 g/mol. The van der Waals surface area contributed by atoms with Crippen LogP contribution in [0.1, 0.15) is 57.9 Å². The van der Waals surface area contributed by atoms with Gasteiger partial charge in [-0.3, -0.25) is 19.2 Å². The van der Waals surface area contributed by atoms with Crippen LogP contribution in [0.15, 0.2) is 71.7 Å². The number of H-pyrrole nitrogens is 1. The second-order valence-electron chi connectivity index (χ2n) is 7.59. The Bertz CT molecular complexity index is 1250. The molecule has 0 unspecified atom stereocenters. The van der Waals surface area contributed by atoms with E-state index >= 15 is 0 Å². The number of rotatable bonds is 11. The fourth-order valence-electron chi connectivity index (χ4n) is 3.27. The van der Waals surface area contributed by atoms with Crippen molar-refractivity contribution in [2.24, 2.45) is 0 Å². The number of carbonyl (C=O) groups excluding carboxylic acids is 4. The molecular formula is C26H25N3O8. The Kier molecular flexibility index (Phi) is 9.66. The van der Waals surface area contributed by atoms with E-state index in [-0.39, 0.29) is 30.8 Å². The first-order chi connectivity index (χ1) is 17.9. The molecule has 0 saturated carbocycles. The fraction of sp³-hybridized carbons (Fsp3) is 0.231. The molecule has 3 aromatic rings.